The van der Waals surface area contributed by atoms with Gasteiger partial charge in [0.15, 0.2) is 5.78 Å². The van der Waals surface area contributed by atoms with Crippen molar-refractivity contribution in [2.45, 2.75) is 33.1 Å². The van der Waals surface area contributed by atoms with Crippen LogP contribution in [0.5, 0.6) is 0 Å². The van der Waals surface area contributed by atoms with E-state index in [1.807, 2.05) is 13.0 Å². The Labute approximate surface area is 89.0 Å². The Morgan fingerprint density at radius 2 is 2.33 bits per heavy atom. The Bertz CT molecular complexity index is 407. The van der Waals surface area contributed by atoms with E-state index in [1.165, 1.54) is 0 Å². The summed E-state index contributed by atoms with van der Waals surface area (Å²) in [7, 11) is 0. The molecular weight excluding hydrogens is 190 g/mol. The van der Waals surface area contributed by atoms with Crippen LogP contribution in [0.25, 0.3) is 0 Å². The predicted molar refractivity (Wildman–Crippen MR) is 55.3 cm³/mol. The largest absolute Gasteiger partial charge is 0.291 e. The van der Waals surface area contributed by atoms with Crippen LogP contribution in [-0.4, -0.2) is 15.8 Å². The summed E-state index contributed by atoms with van der Waals surface area (Å²) in [5, 5.41) is 8.44. The van der Waals surface area contributed by atoms with Gasteiger partial charge in [0.2, 0.25) is 0 Å². The zero-order valence-electron chi connectivity index (χ0n) is 8.95. The van der Waals surface area contributed by atoms with E-state index in [0.717, 1.165) is 18.5 Å². The third kappa shape index (κ3) is 2.84. The molecule has 4 heteroatoms. The molecule has 0 radical (unpaired) electrons. The average molecular weight is 203 g/mol. The van der Waals surface area contributed by atoms with E-state index in [-0.39, 0.29) is 12.2 Å². The molecule has 1 aromatic rings. The average Bonchev–Trinajstić information content (AvgIpc) is 2.21. The topological polar surface area (TPSA) is 66.6 Å². The number of carbonyl (C=O) groups is 1. The normalized spacial score (nSPS) is 9.67. The Morgan fingerprint density at radius 3 is 2.93 bits per heavy atom. The molecule has 0 aromatic carbocycles. The molecule has 0 amide bonds. The molecule has 0 unspecified atom stereocenters. The summed E-state index contributed by atoms with van der Waals surface area (Å²) in [6.45, 7) is 3.77. The number of ketones is 1. The highest BCUT2D eigenvalue weighted by molar-refractivity contribution is 5.96. The lowest BCUT2D eigenvalue weighted by Gasteiger charge is -2.03. The third-order valence-corrected chi connectivity index (χ3v) is 2.02. The number of aromatic nitrogens is 2. The lowest BCUT2D eigenvalue weighted by molar-refractivity contribution is 0.0991. The molecule has 0 bridgehead atoms. The SMILES string of the molecule is CCCc1cnc(C)c(C(=O)CC#N)n1. The molecule has 1 rings (SSSR count). The van der Waals surface area contributed by atoms with Gasteiger partial charge in [0.05, 0.1) is 17.5 Å². The summed E-state index contributed by atoms with van der Waals surface area (Å²) in [4.78, 5) is 19.8. The molecule has 1 heterocycles. The van der Waals surface area contributed by atoms with Crippen LogP contribution >= 0.6 is 0 Å². The number of Topliss-reactive ketones (excluding diaryl/α,β-unsaturated/α-hetero) is 1. The highest BCUT2D eigenvalue weighted by Crippen LogP contribution is 2.07. The Kier molecular flexibility index (Phi) is 3.92. The zero-order valence-corrected chi connectivity index (χ0v) is 8.95. The fourth-order valence-corrected chi connectivity index (χ4v) is 1.28. The molecule has 0 spiro atoms. The molecule has 0 saturated heterocycles. The van der Waals surface area contributed by atoms with Crippen molar-refractivity contribution in [2.75, 3.05) is 0 Å². The molecule has 0 saturated carbocycles. The second-order valence-electron chi connectivity index (χ2n) is 3.30. The first-order valence-corrected chi connectivity index (χ1v) is 4.91. The number of hydrogen-bond acceptors (Lipinski definition) is 4. The van der Waals surface area contributed by atoms with Gasteiger partial charge in [-0.05, 0) is 13.3 Å². The van der Waals surface area contributed by atoms with Crippen molar-refractivity contribution in [1.82, 2.24) is 9.97 Å². The summed E-state index contributed by atoms with van der Waals surface area (Å²) < 4.78 is 0. The van der Waals surface area contributed by atoms with Gasteiger partial charge >= 0.3 is 0 Å². The molecule has 0 fully saturated rings. The molecule has 1 aromatic heterocycles. The van der Waals surface area contributed by atoms with E-state index in [2.05, 4.69) is 9.97 Å². The van der Waals surface area contributed by atoms with Crippen LogP contribution in [0.15, 0.2) is 6.20 Å². The van der Waals surface area contributed by atoms with Gasteiger partial charge < -0.3 is 0 Å². The molecule has 0 atom stereocenters. The van der Waals surface area contributed by atoms with Gasteiger partial charge in [-0.2, -0.15) is 5.26 Å². The van der Waals surface area contributed by atoms with Crippen molar-refractivity contribution in [3.8, 4) is 6.07 Å². The van der Waals surface area contributed by atoms with Gasteiger partial charge in [-0.25, -0.2) is 4.98 Å². The zero-order chi connectivity index (χ0) is 11.3. The summed E-state index contributed by atoms with van der Waals surface area (Å²) in [6.07, 6.45) is 3.32. The maximum absolute atomic E-state index is 11.5. The molecule has 0 aliphatic heterocycles. The van der Waals surface area contributed by atoms with E-state index in [9.17, 15) is 4.79 Å². The minimum absolute atomic E-state index is 0.134. The van der Waals surface area contributed by atoms with Gasteiger partial charge in [-0.3, -0.25) is 9.78 Å². The number of nitrogens with zero attached hydrogens (tertiary/aromatic N) is 3. The van der Waals surface area contributed by atoms with Gasteiger partial charge in [0, 0.05) is 6.20 Å². The molecular formula is C11H13N3O. The van der Waals surface area contributed by atoms with Crippen LogP contribution in [0.2, 0.25) is 0 Å². The smallest absolute Gasteiger partial charge is 0.197 e. The monoisotopic (exact) mass is 203 g/mol. The third-order valence-electron chi connectivity index (χ3n) is 2.02. The first kappa shape index (κ1) is 11.3. The fourth-order valence-electron chi connectivity index (χ4n) is 1.28. The summed E-state index contributed by atoms with van der Waals surface area (Å²) in [6, 6.07) is 1.83. The number of aryl methyl sites for hydroxylation is 2. The van der Waals surface area contributed by atoms with Crippen LogP contribution in [0.3, 0.4) is 0 Å². The van der Waals surface area contributed by atoms with E-state index in [4.69, 9.17) is 5.26 Å². The summed E-state index contributed by atoms with van der Waals surface area (Å²) >= 11 is 0. The van der Waals surface area contributed by atoms with Crippen molar-refractivity contribution in [3.63, 3.8) is 0 Å². The van der Waals surface area contributed by atoms with Crippen LogP contribution in [0.1, 0.15) is 41.6 Å². The lowest BCUT2D eigenvalue weighted by atomic mass is 10.1. The highest BCUT2D eigenvalue weighted by Gasteiger charge is 2.12. The van der Waals surface area contributed by atoms with E-state index < -0.39 is 0 Å². The molecule has 15 heavy (non-hydrogen) atoms. The number of rotatable bonds is 4. The minimum atomic E-state index is -0.250. The van der Waals surface area contributed by atoms with Crippen molar-refractivity contribution in [1.29, 1.82) is 5.26 Å². The summed E-state index contributed by atoms with van der Waals surface area (Å²) in [5.41, 5.74) is 1.74. The molecule has 0 aliphatic carbocycles. The van der Waals surface area contributed by atoms with Crippen LogP contribution in [0, 0.1) is 18.3 Å². The number of carbonyl (C=O) groups excluding carboxylic acids is 1. The first-order valence-electron chi connectivity index (χ1n) is 4.91. The van der Waals surface area contributed by atoms with E-state index in [0.29, 0.717) is 11.4 Å². The van der Waals surface area contributed by atoms with Gasteiger partial charge in [-0.1, -0.05) is 13.3 Å². The Balaban J connectivity index is 3.00. The maximum atomic E-state index is 11.5. The summed E-state index contributed by atoms with van der Waals surface area (Å²) in [5.74, 6) is -0.250. The Hall–Kier alpha value is -1.76. The fraction of sp³-hybridized carbons (Fsp3) is 0.455. The minimum Gasteiger partial charge on any atom is -0.291 e. The van der Waals surface area contributed by atoms with Crippen LogP contribution in [-0.2, 0) is 6.42 Å². The Morgan fingerprint density at radius 1 is 1.60 bits per heavy atom. The van der Waals surface area contributed by atoms with Gasteiger partial charge in [0.25, 0.3) is 0 Å². The second-order valence-corrected chi connectivity index (χ2v) is 3.30. The maximum Gasteiger partial charge on any atom is 0.197 e. The molecule has 0 N–H and O–H groups in total. The van der Waals surface area contributed by atoms with Gasteiger partial charge in [0.1, 0.15) is 12.1 Å². The van der Waals surface area contributed by atoms with E-state index >= 15 is 0 Å². The highest BCUT2D eigenvalue weighted by atomic mass is 16.1. The van der Waals surface area contributed by atoms with Crippen LogP contribution in [0.4, 0.5) is 0 Å². The molecule has 4 nitrogen and oxygen atoms in total. The number of hydrogen-bond donors (Lipinski definition) is 0. The van der Waals surface area contributed by atoms with Crippen molar-refractivity contribution in [3.05, 3.63) is 23.3 Å². The second kappa shape index (κ2) is 5.20. The standard InChI is InChI=1S/C11H13N3O/c1-3-4-9-7-13-8(2)11(14-9)10(15)5-6-12/h7H,3-5H2,1-2H3. The van der Waals surface area contributed by atoms with Crippen LogP contribution < -0.4 is 0 Å². The molecule has 78 valence electrons. The predicted octanol–water partition coefficient (Wildman–Crippen LogP) is 1.83. The number of nitriles is 1. The van der Waals surface area contributed by atoms with Gasteiger partial charge in [-0.15, -0.1) is 0 Å². The van der Waals surface area contributed by atoms with Crippen molar-refractivity contribution < 1.29 is 4.79 Å². The van der Waals surface area contributed by atoms with Crippen molar-refractivity contribution in [2.24, 2.45) is 0 Å². The van der Waals surface area contributed by atoms with Crippen molar-refractivity contribution >= 4 is 5.78 Å². The lowest BCUT2D eigenvalue weighted by Crippen LogP contribution is -2.08. The van der Waals surface area contributed by atoms with E-state index in [1.54, 1.807) is 13.1 Å². The first-order chi connectivity index (χ1) is 7.19. The molecule has 0 aliphatic rings. The quantitative estimate of drug-likeness (QED) is 0.700.